The monoisotopic (exact) mass is 244 g/mol. The Bertz CT molecular complexity index is 196. The maximum Gasteiger partial charge on any atom is 0.220 e. The summed E-state index contributed by atoms with van der Waals surface area (Å²) < 4.78 is 0. The van der Waals surface area contributed by atoms with Crippen molar-refractivity contribution in [3.63, 3.8) is 0 Å². The van der Waals surface area contributed by atoms with E-state index < -0.39 is 0 Å². The lowest BCUT2D eigenvalue weighted by Gasteiger charge is -2.23. The van der Waals surface area contributed by atoms with E-state index in [1.165, 1.54) is 12.8 Å². The minimum atomic E-state index is 0.231. The summed E-state index contributed by atoms with van der Waals surface area (Å²) >= 11 is 1.80. The lowest BCUT2D eigenvalue weighted by atomic mass is 9.96. The summed E-state index contributed by atoms with van der Waals surface area (Å²) in [5, 5.41) is 6.48. The van der Waals surface area contributed by atoms with Crippen LogP contribution in [-0.2, 0) is 4.79 Å². The molecule has 0 aliphatic carbocycles. The van der Waals surface area contributed by atoms with Crippen molar-refractivity contribution in [2.45, 2.75) is 38.6 Å². The van der Waals surface area contributed by atoms with Crippen LogP contribution in [0.2, 0.25) is 0 Å². The maximum atomic E-state index is 11.8. The second-order valence-corrected chi connectivity index (χ2v) is 5.46. The summed E-state index contributed by atoms with van der Waals surface area (Å²) in [5.74, 6) is 1.79. The molecule has 0 bridgehead atoms. The van der Waals surface area contributed by atoms with Crippen LogP contribution in [0.15, 0.2) is 0 Å². The number of hydrogen-bond acceptors (Lipinski definition) is 3. The van der Waals surface area contributed by atoms with Crippen LogP contribution in [0.3, 0.4) is 0 Å². The molecule has 1 heterocycles. The third kappa shape index (κ3) is 5.21. The Hall–Kier alpha value is -0.220. The number of carbonyl (C=O) groups is 1. The zero-order chi connectivity index (χ0) is 11.8. The smallest absolute Gasteiger partial charge is 0.220 e. The van der Waals surface area contributed by atoms with Crippen LogP contribution in [0.5, 0.6) is 0 Å². The predicted octanol–water partition coefficient (Wildman–Crippen LogP) is 1.63. The van der Waals surface area contributed by atoms with Gasteiger partial charge in [0, 0.05) is 18.2 Å². The van der Waals surface area contributed by atoms with Crippen LogP contribution < -0.4 is 10.6 Å². The minimum absolute atomic E-state index is 0.231. The first-order valence-corrected chi connectivity index (χ1v) is 7.64. The van der Waals surface area contributed by atoms with Crippen LogP contribution in [-0.4, -0.2) is 37.0 Å². The van der Waals surface area contributed by atoms with Crippen LogP contribution in [0.4, 0.5) is 0 Å². The Kier molecular flexibility index (Phi) is 6.88. The van der Waals surface area contributed by atoms with Crippen LogP contribution >= 0.6 is 11.8 Å². The van der Waals surface area contributed by atoms with E-state index in [9.17, 15) is 4.79 Å². The Labute approximate surface area is 103 Å². The summed E-state index contributed by atoms with van der Waals surface area (Å²) in [6.07, 6.45) is 6.20. The molecule has 0 aromatic rings. The molecule has 1 aliphatic heterocycles. The normalized spacial score (nSPS) is 22.8. The summed E-state index contributed by atoms with van der Waals surface area (Å²) in [4.78, 5) is 11.8. The van der Waals surface area contributed by atoms with Gasteiger partial charge in [-0.3, -0.25) is 4.79 Å². The molecule has 0 radical (unpaired) electrons. The SMILES string of the molecule is CCC(CSC)NC(=O)CC1CCCNC1. The van der Waals surface area contributed by atoms with Crippen molar-refractivity contribution >= 4 is 17.7 Å². The second-order valence-electron chi connectivity index (χ2n) is 4.54. The van der Waals surface area contributed by atoms with Gasteiger partial charge in [-0.2, -0.15) is 11.8 Å². The van der Waals surface area contributed by atoms with Gasteiger partial charge in [0.15, 0.2) is 0 Å². The topological polar surface area (TPSA) is 41.1 Å². The van der Waals surface area contributed by atoms with E-state index in [1.807, 2.05) is 0 Å². The van der Waals surface area contributed by atoms with Gasteiger partial charge in [0.2, 0.25) is 5.91 Å². The number of carbonyl (C=O) groups excluding carboxylic acids is 1. The quantitative estimate of drug-likeness (QED) is 0.746. The molecule has 1 fully saturated rings. The van der Waals surface area contributed by atoms with Gasteiger partial charge < -0.3 is 10.6 Å². The predicted molar refractivity (Wildman–Crippen MR) is 70.8 cm³/mol. The van der Waals surface area contributed by atoms with Crippen molar-refractivity contribution in [3.8, 4) is 0 Å². The van der Waals surface area contributed by atoms with Gasteiger partial charge in [-0.15, -0.1) is 0 Å². The summed E-state index contributed by atoms with van der Waals surface area (Å²) in [6.45, 7) is 4.25. The van der Waals surface area contributed by atoms with Gasteiger partial charge in [-0.25, -0.2) is 0 Å². The van der Waals surface area contributed by atoms with E-state index in [2.05, 4.69) is 23.8 Å². The Morgan fingerprint density at radius 1 is 1.62 bits per heavy atom. The molecule has 2 atom stereocenters. The number of hydrogen-bond donors (Lipinski definition) is 2. The number of piperidine rings is 1. The minimum Gasteiger partial charge on any atom is -0.353 e. The molecule has 94 valence electrons. The van der Waals surface area contributed by atoms with Gasteiger partial charge in [0.1, 0.15) is 0 Å². The fraction of sp³-hybridized carbons (Fsp3) is 0.917. The van der Waals surface area contributed by atoms with Crippen molar-refractivity contribution in [1.29, 1.82) is 0 Å². The largest absolute Gasteiger partial charge is 0.353 e. The van der Waals surface area contributed by atoms with Gasteiger partial charge in [-0.05, 0) is 44.5 Å². The molecule has 1 saturated heterocycles. The van der Waals surface area contributed by atoms with E-state index in [-0.39, 0.29) is 5.91 Å². The Balaban J connectivity index is 2.22. The molecule has 16 heavy (non-hydrogen) atoms. The first-order chi connectivity index (χ1) is 7.76. The fourth-order valence-corrected chi connectivity index (χ4v) is 2.83. The van der Waals surface area contributed by atoms with Gasteiger partial charge in [-0.1, -0.05) is 6.92 Å². The molecule has 0 saturated carbocycles. The molecule has 2 N–H and O–H groups in total. The molecule has 1 aliphatic rings. The van der Waals surface area contributed by atoms with Crippen LogP contribution in [0.1, 0.15) is 32.6 Å². The molecule has 2 unspecified atom stereocenters. The molecular formula is C12H24N2OS. The van der Waals surface area contributed by atoms with Crippen molar-refractivity contribution in [3.05, 3.63) is 0 Å². The molecule has 1 amide bonds. The van der Waals surface area contributed by atoms with Crippen molar-refractivity contribution in [2.24, 2.45) is 5.92 Å². The molecule has 0 aromatic carbocycles. The average Bonchev–Trinajstić information content (AvgIpc) is 2.29. The van der Waals surface area contributed by atoms with E-state index in [4.69, 9.17) is 0 Å². The fourth-order valence-electron chi connectivity index (χ4n) is 2.11. The second kappa shape index (κ2) is 7.96. The number of nitrogens with one attached hydrogen (secondary N) is 2. The molecule has 3 nitrogen and oxygen atoms in total. The van der Waals surface area contributed by atoms with Crippen LogP contribution in [0.25, 0.3) is 0 Å². The van der Waals surface area contributed by atoms with E-state index in [0.717, 1.165) is 25.3 Å². The summed E-state index contributed by atoms with van der Waals surface area (Å²) in [5.41, 5.74) is 0. The molecule has 1 rings (SSSR count). The highest BCUT2D eigenvalue weighted by Gasteiger charge is 2.18. The zero-order valence-electron chi connectivity index (χ0n) is 10.4. The highest BCUT2D eigenvalue weighted by atomic mass is 32.2. The third-order valence-electron chi connectivity index (χ3n) is 3.10. The third-order valence-corrected chi connectivity index (χ3v) is 3.83. The zero-order valence-corrected chi connectivity index (χ0v) is 11.2. The van der Waals surface area contributed by atoms with E-state index in [0.29, 0.717) is 18.4 Å². The lowest BCUT2D eigenvalue weighted by Crippen LogP contribution is -2.39. The van der Waals surface area contributed by atoms with Crippen molar-refractivity contribution < 1.29 is 4.79 Å². The number of rotatable bonds is 6. The summed E-state index contributed by atoms with van der Waals surface area (Å²) in [6, 6.07) is 0.346. The van der Waals surface area contributed by atoms with Crippen LogP contribution in [0, 0.1) is 5.92 Å². The number of amides is 1. The van der Waals surface area contributed by atoms with E-state index >= 15 is 0 Å². The molecule has 0 spiro atoms. The highest BCUT2D eigenvalue weighted by molar-refractivity contribution is 7.98. The number of thioether (sulfide) groups is 1. The Morgan fingerprint density at radius 3 is 3.00 bits per heavy atom. The maximum absolute atomic E-state index is 11.8. The van der Waals surface area contributed by atoms with Crippen molar-refractivity contribution in [1.82, 2.24) is 10.6 Å². The molecular weight excluding hydrogens is 220 g/mol. The standard InChI is InChI=1S/C12H24N2OS/c1-3-11(9-16-2)14-12(15)7-10-5-4-6-13-8-10/h10-11,13H,3-9H2,1-2H3,(H,14,15). The molecule has 4 heteroatoms. The highest BCUT2D eigenvalue weighted by Crippen LogP contribution is 2.14. The van der Waals surface area contributed by atoms with Gasteiger partial charge in [0.25, 0.3) is 0 Å². The first-order valence-electron chi connectivity index (χ1n) is 6.25. The average molecular weight is 244 g/mol. The summed E-state index contributed by atoms with van der Waals surface area (Å²) in [7, 11) is 0. The van der Waals surface area contributed by atoms with Gasteiger partial charge in [0.05, 0.1) is 0 Å². The Morgan fingerprint density at radius 2 is 2.44 bits per heavy atom. The lowest BCUT2D eigenvalue weighted by molar-refractivity contribution is -0.122. The van der Waals surface area contributed by atoms with Gasteiger partial charge >= 0.3 is 0 Å². The molecule has 0 aromatic heterocycles. The van der Waals surface area contributed by atoms with E-state index in [1.54, 1.807) is 11.8 Å². The van der Waals surface area contributed by atoms with Crippen molar-refractivity contribution in [2.75, 3.05) is 25.1 Å². The first kappa shape index (κ1) is 13.8.